The quantitative estimate of drug-likeness (QED) is 0.326. The monoisotopic (exact) mass is 404 g/mol. The summed E-state index contributed by atoms with van der Waals surface area (Å²) in [5, 5.41) is 0. The van der Waals surface area contributed by atoms with Crippen LogP contribution in [0.2, 0.25) is 0 Å². The Bertz CT molecular complexity index is 369. The molecule has 0 unspecified atom stereocenters. The Kier molecular flexibility index (Phi) is 12.8. The summed E-state index contributed by atoms with van der Waals surface area (Å²) in [6, 6.07) is 0. The summed E-state index contributed by atoms with van der Waals surface area (Å²) >= 11 is 0. The van der Waals surface area contributed by atoms with Crippen LogP contribution in [0.1, 0.15) is 55.4 Å². The van der Waals surface area contributed by atoms with Crippen molar-refractivity contribution < 1.29 is 0 Å². The summed E-state index contributed by atoms with van der Waals surface area (Å²) < 4.78 is 10.5. The Balaban J connectivity index is 6.30. The van der Waals surface area contributed by atoms with Crippen LogP contribution in [0.4, 0.5) is 0 Å². The van der Waals surface area contributed by atoms with Gasteiger partial charge in [0.25, 0.3) is 0 Å². The predicted octanol–water partition coefficient (Wildman–Crippen LogP) is 5.23. The van der Waals surface area contributed by atoms with E-state index in [1.807, 2.05) is 0 Å². The van der Waals surface area contributed by atoms with Gasteiger partial charge in [0.2, 0.25) is 15.1 Å². The topological polar surface area (TPSA) is 13.0 Å². The molecule has 0 aromatic carbocycles. The first-order valence-electron chi connectivity index (χ1n) is 10.6. The third-order valence-corrected chi connectivity index (χ3v) is 13.5. The van der Waals surface area contributed by atoms with Gasteiger partial charge < -0.3 is 0 Å². The van der Waals surface area contributed by atoms with E-state index in [9.17, 15) is 0 Å². The van der Waals surface area contributed by atoms with Crippen molar-refractivity contribution in [1.29, 1.82) is 0 Å². The first kappa shape index (κ1) is 26.3. The SMILES string of the molecule is CCN(CC)[P+](C)(C#C[P+](C)(N(CC)CC)N(CC)CC)N(CC)CC. The van der Waals surface area contributed by atoms with E-state index < -0.39 is 15.1 Å². The molecule has 154 valence electrons. The van der Waals surface area contributed by atoms with E-state index in [0.29, 0.717) is 0 Å². The zero-order valence-corrected chi connectivity index (χ0v) is 21.1. The van der Waals surface area contributed by atoms with Crippen molar-refractivity contribution in [3.05, 3.63) is 0 Å². The van der Waals surface area contributed by atoms with Crippen LogP contribution in [0.15, 0.2) is 0 Å². The Morgan fingerprint density at radius 2 is 0.577 bits per heavy atom. The van der Waals surface area contributed by atoms with Crippen molar-refractivity contribution >= 4 is 15.1 Å². The van der Waals surface area contributed by atoms with Crippen LogP contribution >= 0.6 is 15.1 Å². The van der Waals surface area contributed by atoms with E-state index in [1.165, 1.54) is 0 Å². The minimum absolute atomic E-state index is 1.07. The van der Waals surface area contributed by atoms with Gasteiger partial charge in [-0.15, -0.1) is 0 Å². The van der Waals surface area contributed by atoms with Gasteiger partial charge in [0, 0.05) is 52.4 Å². The molecule has 0 spiro atoms. The molecular weight excluding hydrogens is 358 g/mol. The first-order chi connectivity index (χ1) is 12.3. The van der Waals surface area contributed by atoms with Gasteiger partial charge in [-0.05, 0) is 55.4 Å². The fraction of sp³-hybridized carbons (Fsp3) is 0.900. The molecule has 26 heavy (non-hydrogen) atoms. The van der Waals surface area contributed by atoms with E-state index in [-0.39, 0.29) is 0 Å². The number of nitrogens with zero attached hydrogens (tertiary/aromatic N) is 4. The molecule has 0 amide bonds. The van der Waals surface area contributed by atoms with Crippen molar-refractivity contribution in [2.75, 3.05) is 65.7 Å². The smallest absolute Gasteiger partial charge is 0.153 e. The van der Waals surface area contributed by atoms with Crippen molar-refractivity contribution in [3.63, 3.8) is 0 Å². The van der Waals surface area contributed by atoms with E-state index in [2.05, 4.69) is 98.7 Å². The second kappa shape index (κ2) is 12.7. The molecule has 0 bridgehead atoms. The average Bonchev–Trinajstić information content (AvgIpc) is 2.64. The van der Waals surface area contributed by atoms with Crippen LogP contribution in [0, 0.1) is 11.3 Å². The Labute approximate surface area is 166 Å². The summed E-state index contributed by atoms with van der Waals surface area (Å²) in [6.07, 6.45) is 0. The Hall–Kier alpha value is 0.260. The summed E-state index contributed by atoms with van der Waals surface area (Å²) in [5.74, 6) is 0. The molecule has 0 fully saturated rings. The van der Waals surface area contributed by atoms with Gasteiger partial charge in [0.05, 0.1) is 13.3 Å². The van der Waals surface area contributed by atoms with Gasteiger partial charge in [0.1, 0.15) is 0 Å². The van der Waals surface area contributed by atoms with Gasteiger partial charge >= 0.3 is 0 Å². The molecule has 0 aliphatic heterocycles. The number of rotatable bonds is 12. The highest BCUT2D eigenvalue weighted by atomic mass is 31.2. The largest absolute Gasteiger partial charge is 0.232 e. The molecule has 6 heteroatoms. The highest BCUT2D eigenvalue weighted by Gasteiger charge is 2.48. The lowest BCUT2D eigenvalue weighted by molar-refractivity contribution is 0.416. The van der Waals surface area contributed by atoms with Crippen LogP contribution in [-0.4, -0.2) is 84.4 Å². The molecule has 0 aliphatic rings. The summed E-state index contributed by atoms with van der Waals surface area (Å²) in [6.45, 7) is 31.6. The molecule has 0 rings (SSSR count). The lowest BCUT2D eigenvalue weighted by Gasteiger charge is -2.36. The van der Waals surface area contributed by atoms with Crippen LogP contribution in [0.3, 0.4) is 0 Å². The van der Waals surface area contributed by atoms with Crippen LogP contribution < -0.4 is 0 Å². The highest BCUT2D eigenvalue weighted by molar-refractivity contribution is 7.79. The van der Waals surface area contributed by atoms with Gasteiger partial charge in [-0.25, -0.2) is 0 Å². The highest BCUT2D eigenvalue weighted by Crippen LogP contribution is 2.65. The minimum Gasteiger partial charge on any atom is -0.153 e. The maximum atomic E-state index is 3.92. The molecule has 0 saturated heterocycles. The fourth-order valence-electron chi connectivity index (χ4n) is 3.93. The fourth-order valence-corrected chi connectivity index (χ4v) is 11.1. The second-order valence-corrected chi connectivity index (χ2v) is 13.0. The average molecular weight is 405 g/mol. The lowest BCUT2D eigenvalue weighted by atomic mass is 10.7. The van der Waals surface area contributed by atoms with Crippen molar-refractivity contribution in [2.45, 2.75) is 55.4 Å². The maximum absolute atomic E-state index is 3.92. The molecule has 0 aromatic heterocycles. The maximum Gasteiger partial charge on any atom is 0.232 e. The molecule has 0 N–H and O–H groups in total. The zero-order chi connectivity index (χ0) is 20.4. The van der Waals surface area contributed by atoms with E-state index in [0.717, 1.165) is 52.4 Å². The van der Waals surface area contributed by atoms with Crippen molar-refractivity contribution in [3.8, 4) is 11.3 Å². The summed E-state index contributed by atoms with van der Waals surface area (Å²) in [4.78, 5) is 0. The summed E-state index contributed by atoms with van der Waals surface area (Å²) in [5.41, 5.74) is 7.84. The normalized spacial score (nSPS) is 13.0. The van der Waals surface area contributed by atoms with Crippen LogP contribution in [0.25, 0.3) is 0 Å². The van der Waals surface area contributed by atoms with Crippen molar-refractivity contribution in [2.24, 2.45) is 0 Å². The van der Waals surface area contributed by atoms with E-state index in [1.54, 1.807) is 0 Å². The Morgan fingerprint density at radius 1 is 0.423 bits per heavy atom. The lowest BCUT2D eigenvalue weighted by Crippen LogP contribution is -2.36. The van der Waals surface area contributed by atoms with Gasteiger partial charge in [0.15, 0.2) is 11.3 Å². The molecule has 0 atom stereocenters. The molecule has 4 nitrogen and oxygen atoms in total. The third kappa shape index (κ3) is 5.88. The first-order valence-corrected chi connectivity index (χ1v) is 14.9. The minimum atomic E-state index is -1.63. The standard InChI is InChI=1S/C20H46N4P2/c1-11-21(12-2)25(9,22(13-3)14-4)19-20-26(10,23(15-5)16-6)24(17-7)18-8/h11-18H2,1-10H3/q+2. The molecule has 0 radical (unpaired) electrons. The molecule has 0 saturated carbocycles. The van der Waals surface area contributed by atoms with E-state index >= 15 is 0 Å². The zero-order valence-electron chi connectivity index (χ0n) is 19.3. The second-order valence-electron chi connectivity index (χ2n) is 6.61. The van der Waals surface area contributed by atoms with Gasteiger partial charge in [-0.1, -0.05) is 0 Å². The predicted molar refractivity (Wildman–Crippen MR) is 125 cm³/mol. The molecule has 0 heterocycles. The van der Waals surface area contributed by atoms with Crippen LogP contribution in [0.5, 0.6) is 0 Å². The molecule has 0 aliphatic carbocycles. The van der Waals surface area contributed by atoms with Gasteiger partial charge in [-0.2, -0.15) is 18.7 Å². The molecule has 0 aromatic rings. The van der Waals surface area contributed by atoms with E-state index in [4.69, 9.17) is 0 Å². The third-order valence-electron chi connectivity index (χ3n) is 5.60. The van der Waals surface area contributed by atoms with Gasteiger partial charge in [-0.3, -0.25) is 0 Å². The van der Waals surface area contributed by atoms with Crippen LogP contribution in [-0.2, 0) is 0 Å². The Morgan fingerprint density at radius 3 is 0.692 bits per heavy atom. The number of hydrogen-bond donors (Lipinski definition) is 0. The van der Waals surface area contributed by atoms with Crippen molar-refractivity contribution in [1.82, 2.24) is 18.7 Å². The molecular formula is C20H46N4P2+2. The summed E-state index contributed by atoms with van der Waals surface area (Å²) in [7, 11) is -3.25. The number of hydrogen-bond acceptors (Lipinski definition) is 4.